The Labute approximate surface area is 164 Å². The van der Waals surface area contributed by atoms with Crippen LogP contribution in [0.4, 0.5) is 0 Å². The number of carbonyl (C=O) groups is 1. The van der Waals surface area contributed by atoms with Gasteiger partial charge in [0.05, 0.1) is 0 Å². The van der Waals surface area contributed by atoms with Crippen LogP contribution in [0.15, 0.2) is 30.3 Å². The minimum Gasteiger partial charge on any atom is -0.346 e. The highest BCUT2D eigenvalue weighted by molar-refractivity contribution is 5.78. The van der Waals surface area contributed by atoms with Crippen molar-refractivity contribution >= 4 is 5.91 Å². The second-order valence-electron chi connectivity index (χ2n) is 8.37. The number of rotatable bonds is 8. The van der Waals surface area contributed by atoms with E-state index >= 15 is 0 Å². The van der Waals surface area contributed by atoms with Gasteiger partial charge in [-0.15, -0.1) is 0 Å². The number of benzene rings is 1. The van der Waals surface area contributed by atoms with Crippen LogP contribution in [-0.2, 0) is 4.79 Å². The molecule has 0 radical (unpaired) electrons. The first-order valence-corrected chi connectivity index (χ1v) is 10.7. The number of hydrogen-bond acceptors (Lipinski definition) is 4. The van der Waals surface area contributed by atoms with Gasteiger partial charge in [0.15, 0.2) is 0 Å². The summed E-state index contributed by atoms with van der Waals surface area (Å²) in [4.78, 5) is 14.5. The highest BCUT2D eigenvalue weighted by atomic mass is 16.2. The molecule has 0 saturated carbocycles. The van der Waals surface area contributed by atoms with Crippen LogP contribution < -0.4 is 16.2 Å². The highest BCUT2D eigenvalue weighted by Gasteiger charge is 2.27. The molecule has 150 valence electrons. The molecule has 2 aliphatic heterocycles. The lowest BCUT2D eigenvalue weighted by Gasteiger charge is -2.30. The van der Waals surface area contributed by atoms with E-state index in [1.807, 2.05) is 11.9 Å². The third kappa shape index (κ3) is 6.03. The van der Waals surface area contributed by atoms with E-state index in [1.54, 1.807) is 0 Å². The monoisotopic (exact) mass is 372 g/mol. The van der Waals surface area contributed by atoms with Gasteiger partial charge in [-0.25, -0.2) is 0 Å². The van der Waals surface area contributed by atoms with Gasteiger partial charge in [0.25, 0.3) is 0 Å². The molecule has 3 rings (SSSR count). The molecule has 5 nitrogen and oxygen atoms in total. The standard InChI is InChI=1S/C22H36N4O/c1-17-15-19(12-13-23-17)22(27)26(2)14-8-4-7-11-20-16-21(25-24-20)18-9-5-3-6-10-18/h3,5-6,9-10,17,19-21,23-25H,4,7-8,11-16H2,1-2H3/t17-,19-,20?,21?/m0/s1. The lowest BCUT2D eigenvalue weighted by molar-refractivity contribution is -0.135. The second kappa shape index (κ2) is 10.2. The van der Waals surface area contributed by atoms with Crippen LogP contribution in [0.25, 0.3) is 0 Å². The van der Waals surface area contributed by atoms with Crippen molar-refractivity contribution in [1.29, 1.82) is 0 Å². The predicted octanol–water partition coefficient (Wildman–Crippen LogP) is 3.00. The van der Waals surface area contributed by atoms with Crippen molar-refractivity contribution in [2.75, 3.05) is 20.1 Å². The lowest BCUT2D eigenvalue weighted by Crippen LogP contribution is -2.43. The third-order valence-electron chi connectivity index (χ3n) is 6.08. The zero-order chi connectivity index (χ0) is 19.1. The Balaban J connectivity index is 1.28. The smallest absolute Gasteiger partial charge is 0.225 e. The second-order valence-corrected chi connectivity index (χ2v) is 8.37. The van der Waals surface area contributed by atoms with Gasteiger partial charge in [-0.2, -0.15) is 0 Å². The molecule has 2 aliphatic rings. The van der Waals surface area contributed by atoms with Gasteiger partial charge in [-0.05, 0) is 51.1 Å². The summed E-state index contributed by atoms with van der Waals surface area (Å²) in [5.74, 6) is 0.561. The SMILES string of the molecule is C[C@H]1C[C@@H](C(=O)N(C)CCCCCC2CC(c3ccccc3)NN2)CCN1. The number of hydrogen-bond donors (Lipinski definition) is 3. The molecule has 5 heteroatoms. The first-order chi connectivity index (χ1) is 13.1. The Kier molecular flexibility index (Phi) is 7.68. The number of hydrazine groups is 1. The van der Waals surface area contributed by atoms with Crippen LogP contribution in [0.2, 0.25) is 0 Å². The van der Waals surface area contributed by atoms with Gasteiger partial charge in [0.2, 0.25) is 5.91 Å². The molecule has 0 spiro atoms. The summed E-state index contributed by atoms with van der Waals surface area (Å²) in [5.41, 5.74) is 8.24. The lowest BCUT2D eigenvalue weighted by atomic mass is 9.92. The van der Waals surface area contributed by atoms with E-state index in [0.717, 1.165) is 38.8 Å². The van der Waals surface area contributed by atoms with Crippen molar-refractivity contribution in [3.8, 4) is 0 Å². The quantitative estimate of drug-likeness (QED) is 0.614. The maximum atomic E-state index is 12.6. The minimum absolute atomic E-state index is 0.218. The van der Waals surface area contributed by atoms with Crippen LogP contribution >= 0.6 is 0 Å². The van der Waals surface area contributed by atoms with Crippen molar-refractivity contribution in [3.05, 3.63) is 35.9 Å². The van der Waals surface area contributed by atoms with Crippen LogP contribution in [0.1, 0.15) is 63.5 Å². The number of amides is 1. The molecule has 1 aromatic carbocycles. The van der Waals surface area contributed by atoms with E-state index in [4.69, 9.17) is 0 Å². The Morgan fingerprint density at radius 1 is 1.11 bits per heavy atom. The molecule has 27 heavy (non-hydrogen) atoms. The van der Waals surface area contributed by atoms with Crippen molar-refractivity contribution in [2.24, 2.45) is 5.92 Å². The molecule has 4 atom stereocenters. The highest BCUT2D eigenvalue weighted by Crippen LogP contribution is 2.24. The van der Waals surface area contributed by atoms with Gasteiger partial charge in [0.1, 0.15) is 0 Å². The summed E-state index contributed by atoms with van der Waals surface area (Å²) in [6.07, 6.45) is 7.81. The van der Waals surface area contributed by atoms with Crippen molar-refractivity contribution in [2.45, 2.75) is 70.0 Å². The van der Waals surface area contributed by atoms with Crippen molar-refractivity contribution < 1.29 is 4.79 Å². The zero-order valence-electron chi connectivity index (χ0n) is 16.9. The summed E-state index contributed by atoms with van der Waals surface area (Å²) < 4.78 is 0. The van der Waals surface area contributed by atoms with Gasteiger partial charge >= 0.3 is 0 Å². The maximum absolute atomic E-state index is 12.6. The fourth-order valence-electron chi connectivity index (χ4n) is 4.41. The van der Waals surface area contributed by atoms with E-state index in [9.17, 15) is 4.79 Å². The summed E-state index contributed by atoms with van der Waals surface area (Å²) in [5, 5.41) is 3.42. The topological polar surface area (TPSA) is 56.4 Å². The zero-order valence-corrected chi connectivity index (χ0v) is 16.9. The molecule has 1 amide bonds. The van der Waals surface area contributed by atoms with E-state index in [0.29, 0.717) is 24.0 Å². The number of unbranched alkanes of at least 4 members (excludes halogenated alkanes) is 2. The Hall–Kier alpha value is -1.43. The van der Waals surface area contributed by atoms with Gasteiger partial charge < -0.3 is 10.2 Å². The number of nitrogens with one attached hydrogen (secondary N) is 3. The predicted molar refractivity (Wildman–Crippen MR) is 110 cm³/mol. The van der Waals surface area contributed by atoms with E-state index in [2.05, 4.69) is 53.4 Å². The molecular weight excluding hydrogens is 336 g/mol. The molecule has 2 fully saturated rings. The van der Waals surface area contributed by atoms with E-state index in [-0.39, 0.29) is 5.92 Å². The van der Waals surface area contributed by atoms with Crippen molar-refractivity contribution in [3.63, 3.8) is 0 Å². The van der Waals surface area contributed by atoms with Crippen LogP contribution in [0.3, 0.4) is 0 Å². The third-order valence-corrected chi connectivity index (χ3v) is 6.08. The number of piperidine rings is 1. The van der Waals surface area contributed by atoms with Crippen LogP contribution in [0, 0.1) is 5.92 Å². The average molecular weight is 373 g/mol. The molecule has 2 unspecified atom stereocenters. The summed E-state index contributed by atoms with van der Waals surface area (Å²) in [7, 11) is 1.97. The minimum atomic E-state index is 0.218. The van der Waals surface area contributed by atoms with Crippen LogP contribution in [-0.4, -0.2) is 43.0 Å². The number of carbonyl (C=O) groups excluding carboxylic acids is 1. The first-order valence-electron chi connectivity index (χ1n) is 10.7. The van der Waals surface area contributed by atoms with Gasteiger partial charge in [0, 0.05) is 37.6 Å². The summed E-state index contributed by atoms with van der Waals surface area (Å²) >= 11 is 0. The summed E-state index contributed by atoms with van der Waals surface area (Å²) in [6, 6.07) is 12.1. The molecule has 2 saturated heterocycles. The largest absolute Gasteiger partial charge is 0.346 e. The molecule has 0 aromatic heterocycles. The normalized spacial score (nSPS) is 28.2. The van der Waals surface area contributed by atoms with E-state index < -0.39 is 0 Å². The van der Waals surface area contributed by atoms with Crippen LogP contribution in [0.5, 0.6) is 0 Å². The molecule has 0 bridgehead atoms. The van der Waals surface area contributed by atoms with Crippen molar-refractivity contribution in [1.82, 2.24) is 21.1 Å². The molecule has 1 aromatic rings. The molecule has 2 heterocycles. The molecule has 0 aliphatic carbocycles. The van der Waals surface area contributed by atoms with Gasteiger partial charge in [-0.3, -0.25) is 15.6 Å². The molecule has 3 N–H and O–H groups in total. The average Bonchev–Trinajstić information content (AvgIpc) is 3.16. The first kappa shape index (κ1) is 20.3. The fraction of sp³-hybridized carbons (Fsp3) is 0.682. The Bertz CT molecular complexity index is 579. The maximum Gasteiger partial charge on any atom is 0.225 e. The summed E-state index contributed by atoms with van der Waals surface area (Å²) in [6.45, 7) is 4.03. The molecular formula is C22H36N4O. The van der Waals surface area contributed by atoms with E-state index in [1.165, 1.54) is 24.8 Å². The fourth-order valence-corrected chi connectivity index (χ4v) is 4.41. The Morgan fingerprint density at radius 2 is 1.93 bits per heavy atom. The number of nitrogens with zero attached hydrogens (tertiary/aromatic N) is 1. The Morgan fingerprint density at radius 3 is 2.70 bits per heavy atom. The van der Waals surface area contributed by atoms with Gasteiger partial charge in [-0.1, -0.05) is 43.2 Å².